The zero-order chi connectivity index (χ0) is 18.5. The van der Waals surface area contributed by atoms with Crippen LogP contribution in [0.5, 0.6) is 0 Å². The van der Waals surface area contributed by atoms with Crippen LogP contribution in [0.15, 0.2) is 54.9 Å². The van der Waals surface area contributed by atoms with Gasteiger partial charge in [0, 0.05) is 35.6 Å². The summed E-state index contributed by atoms with van der Waals surface area (Å²) in [5, 5.41) is 1.18. The molecular weight excluding hydrogens is 366 g/mol. The molecule has 5 heteroatoms. The fraction of sp³-hybridized carbons (Fsp3) is 0.261. The standard InChI is InChI=1S/C23H19N3OS/c1-3-15-11-22(28-23(15)25-8-1)18-6-5-14-9-17(10-20(14)26-18)21-12-19-16(13-27-21)4-2-7-24-19/h1-8,11,17,21H,9-10,12-13H2. The molecule has 0 aromatic carbocycles. The third kappa shape index (κ3) is 2.74. The summed E-state index contributed by atoms with van der Waals surface area (Å²) in [5.41, 5.74) is 6.07. The molecule has 0 saturated heterocycles. The molecule has 0 fully saturated rings. The molecule has 1 aliphatic heterocycles. The Bertz CT molecular complexity index is 1150. The summed E-state index contributed by atoms with van der Waals surface area (Å²) < 4.78 is 6.20. The Morgan fingerprint density at radius 3 is 2.79 bits per heavy atom. The zero-order valence-corrected chi connectivity index (χ0v) is 16.2. The minimum absolute atomic E-state index is 0.230. The lowest BCUT2D eigenvalue weighted by atomic mass is 9.92. The van der Waals surface area contributed by atoms with E-state index >= 15 is 0 Å². The van der Waals surface area contributed by atoms with Gasteiger partial charge in [0.05, 0.1) is 23.3 Å². The van der Waals surface area contributed by atoms with Crippen molar-refractivity contribution >= 4 is 21.6 Å². The average molecular weight is 385 g/mol. The Kier molecular flexibility index (Phi) is 3.77. The van der Waals surface area contributed by atoms with E-state index in [-0.39, 0.29) is 6.10 Å². The Labute approximate surface area is 167 Å². The van der Waals surface area contributed by atoms with Gasteiger partial charge in [-0.15, -0.1) is 11.3 Å². The number of thiophene rings is 1. The molecule has 0 saturated carbocycles. The molecular formula is C23H19N3OS. The first kappa shape index (κ1) is 16.3. The van der Waals surface area contributed by atoms with E-state index in [1.807, 2.05) is 24.5 Å². The maximum atomic E-state index is 6.20. The predicted molar refractivity (Wildman–Crippen MR) is 110 cm³/mol. The van der Waals surface area contributed by atoms with E-state index in [1.165, 1.54) is 32.8 Å². The van der Waals surface area contributed by atoms with E-state index in [9.17, 15) is 0 Å². The lowest BCUT2D eigenvalue weighted by Gasteiger charge is -2.28. The molecule has 138 valence electrons. The predicted octanol–water partition coefficient (Wildman–Crippen LogP) is 4.61. The van der Waals surface area contributed by atoms with Gasteiger partial charge in [-0.2, -0.15) is 0 Å². The highest BCUT2D eigenvalue weighted by Crippen LogP contribution is 2.36. The molecule has 0 amide bonds. The number of hydrogen-bond acceptors (Lipinski definition) is 5. The fourth-order valence-electron chi connectivity index (χ4n) is 4.43. The van der Waals surface area contributed by atoms with Crippen LogP contribution in [-0.2, 0) is 30.6 Å². The molecule has 5 heterocycles. The van der Waals surface area contributed by atoms with Gasteiger partial charge < -0.3 is 4.74 Å². The summed E-state index contributed by atoms with van der Waals surface area (Å²) in [6.45, 7) is 0.675. The van der Waals surface area contributed by atoms with Crippen LogP contribution >= 0.6 is 11.3 Å². The van der Waals surface area contributed by atoms with Gasteiger partial charge in [-0.3, -0.25) is 9.97 Å². The van der Waals surface area contributed by atoms with E-state index in [0.717, 1.165) is 29.8 Å². The number of aromatic nitrogens is 3. The zero-order valence-electron chi connectivity index (χ0n) is 15.3. The molecule has 1 aliphatic carbocycles. The number of hydrogen-bond donors (Lipinski definition) is 0. The van der Waals surface area contributed by atoms with Crippen molar-refractivity contribution in [1.82, 2.24) is 15.0 Å². The highest BCUT2D eigenvalue weighted by Gasteiger charge is 2.33. The molecule has 0 N–H and O–H groups in total. The van der Waals surface area contributed by atoms with Gasteiger partial charge in [-0.05, 0) is 54.2 Å². The van der Waals surface area contributed by atoms with Gasteiger partial charge >= 0.3 is 0 Å². The molecule has 4 nitrogen and oxygen atoms in total. The minimum Gasteiger partial charge on any atom is -0.373 e. The summed E-state index contributed by atoms with van der Waals surface area (Å²) in [6, 6.07) is 14.8. The van der Waals surface area contributed by atoms with Gasteiger partial charge in [-0.25, -0.2) is 4.98 Å². The molecule has 2 unspecified atom stereocenters. The molecule has 4 aromatic rings. The van der Waals surface area contributed by atoms with Crippen LogP contribution in [0.1, 0.15) is 22.5 Å². The van der Waals surface area contributed by atoms with Crippen LogP contribution in [-0.4, -0.2) is 21.1 Å². The summed E-state index contributed by atoms with van der Waals surface area (Å²) in [4.78, 5) is 16.3. The highest BCUT2D eigenvalue weighted by atomic mass is 32.1. The van der Waals surface area contributed by atoms with E-state index in [4.69, 9.17) is 9.72 Å². The van der Waals surface area contributed by atoms with Crippen LogP contribution < -0.4 is 0 Å². The van der Waals surface area contributed by atoms with Crippen LogP contribution in [0.2, 0.25) is 0 Å². The maximum absolute atomic E-state index is 6.20. The average Bonchev–Trinajstić information content (AvgIpc) is 3.37. The molecule has 0 spiro atoms. The molecule has 4 aromatic heterocycles. The van der Waals surface area contributed by atoms with Crippen molar-refractivity contribution in [2.75, 3.05) is 0 Å². The molecule has 6 rings (SSSR count). The largest absolute Gasteiger partial charge is 0.373 e. The van der Waals surface area contributed by atoms with Gasteiger partial charge in [0.15, 0.2) is 0 Å². The maximum Gasteiger partial charge on any atom is 0.123 e. The topological polar surface area (TPSA) is 47.9 Å². The second-order valence-corrected chi connectivity index (χ2v) is 8.67. The van der Waals surface area contributed by atoms with Crippen molar-refractivity contribution in [1.29, 1.82) is 0 Å². The number of nitrogens with zero attached hydrogens (tertiary/aromatic N) is 3. The Balaban J connectivity index is 1.26. The Morgan fingerprint density at radius 1 is 0.893 bits per heavy atom. The van der Waals surface area contributed by atoms with E-state index < -0.39 is 0 Å². The van der Waals surface area contributed by atoms with E-state index in [1.54, 1.807) is 11.3 Å². The van der Waals surface area contributed by atoms with Crippen LogP contribution in [0.4, 0.5) is 0 Å². The third-order valence-corrected chi connectivity index (χ3v) is 6.99. The third-order valence-electron chi connectivity index (χ3n) is 5.91. The smallest absolute Gasteiger partial charge is 0.123 e. The number of fused-ring (bicyclic) bond motifs is 3. The number of pyridine rings is 3. The number of ether oxygens (including phenoxy) is 1. The Morgan fingerprint density at radius 2 is 1.82 bits per heavy atom. The monoisotopic (exact) mass is 385 g/mol. The van der Waals surface area contributed by atoms with Gasteiger partial charge in [0.2, 0.25) is 0 Å². The minimum atomic E-state index is 0.230. The summed E-state index contributed by atoms with van der Waals surface area (Å²) in [5.74, 6) is 0.483. The van der Waals surface area contributed by atoms with Crippen molar-refractivity contribution in [2.45, 2.75) is 32.0 Å². The molecule has 2 atom stereocenters. The molecule has 0 bridgehead atoms. The lowest BCUT2D eigenvalue weighted by Crippen LogP contribution is -2.31. The Hall–Kier alpha value is -2.63. The quantitative estimate of drug-likeness (QED) is 0.506. The van der Waals surface area contributed by atoms with Gasteiger partial charge in [0.25, 0.3) is 0 Å². The first-order valence-corrected chi connectivity index (χ1v) is 10.5. The van der Waals surface area contributed by atoms with Crippen LogP contribution in [0.3, 0.4) is 0 Å². The lowest BCUT2D eigenvalue weighted by molar-refractivity contribution is -0.00859. The SMILES string of the molecule is c1cnc2c(c1)COC(C1Cc3ccc(-c4cc5cccnc5s4)nc3C1)C2. The van der Waals surface area contributed by atoms with Crippen molar-refractivity contribution in [3.63, 3.8) is 0 Å². The first-order valence-electron chi connectivity index (χ1n) is 9.71. The van der Waals surface area contributed by atoms with Gasteiger partial charge in [-0.1, -0.05) is 18.2 Å². The van der Waals surface area contributed by atoms with E-state index in [0.29, 0.717) is 12.5 Å². The van der Waals surface area contributed by atoms with Crippen molar-refractivity contribution in [2.24, 2.45) is 5.92 Å². The molecule has 2 aliphatic rings. The highest BCUT2D eigenvalue weighted by molar-refractivity contribution is 7.21. The van der Waals surface area contributed by atoms with Gasteiger partial charge in [0.1, 0.15) is 4.83 Å². The second-order valence-electron chi connectivity index (χ2n) is 7.64. The van der Waals surface area contributed by atoms with Crippen molar-refractivity contribution in [3.05, 3.63) is 77.4 Å². The molecule has 28 heavy (non-hydrogen) atoms. The summed E-state index contributed by atoms with van der Waals surface area (Å²) >= 11 is 1.71. The summed E-state index contributed by atoms with van der Waals surface area (Å²) in [6.07, 6.45) is 6.90. The second kappa shape index (κ2) is 6.47. The van der Waals surface area contributed by atoms with Crippen molar-refractivity contribution < 1.29 is 4.74 Å². The van der Waals surface area contributed by atoms with Crippen LogP contribution in [0, 0.1) is 5.92 Å². The van der Waals surface area contributed by atoms with Crippen LogP contribution in [0.25, 0.3) is 20.8 Å². The van der Waals surface area contributed by atoms with E-state index in [2.05, 4.69) is 40.3 Å². The normalized spacial score (nSPS) is 20.9. The van der Waals surface area contributed by atoms with Crippen molar-refractivity contribution in [3.8, 4) is 10.6 Å². The molecule has 0 radical (unpaired) electrons. The number of rotatable bonds is 2. The fourth-order valence-corrected chi connectivity index (χ4v) is 5.40. The first-order chi connectivity index (χ1) is 13.8. The summed E-state index contributed by atoms with van der Waals surface area (Å²) in [7, 11) is 0.